The van der Waals surface area contributed by atoms with E-state index in [9.17, 15) is 9.59 Å². The van der Waals surface area contributed by atoms with Crippen molar-refractivity contribution < 1.29 is 4.79 Å². The minimum Gasteiger partial charge on any atom is -0.325 e. The summed E-state index contributed by atoms with van der Waals surface area (Å²) in [6.45, 7) is 5.76. The number of amides is 1. The molecule has 0 saturated carbocycles. The Labute approximate surface area is 139 Å². The number of aromatic nitrogens is 2. The average Bonchev–Trinajstić information content (AvgIpc) is 2.52. The number of carbonyl (C=O) groups is 1. The maximum atomic E-state index is 12.5. The van der Waals surface area contributed by atoms with Gasteiger partial charge >= 0.3 is 0 Å². The van der Waals surface area contributed by atoms with Gasteiger partial charge in [-0.2, -0.15) is 0 Å². The van der Waals surface area contributed by atoms with Crippen molar-refractivity contribution in [3.8, 4) is 0 Å². The molecule has 1 heterocycles. The Balaban J connectivity index is 2.13. The molecule has 0 aliphatic heterocycles. The number of rotatable bonds is 6. The van der Waals surface area contributed by atoms with Crippen LogP contribution in [0.15, 0.2) is 40.3 Å². The molecule has 23 heavy (non-hydrogen) atoms. The van der Waals surface area contributed by atoms with Gasteiger partial charge in [0.1, 0.15) is 0 Å². The molecule has 0 saturated heterocycles. The van der Waals surface area contributed by atoms with Gasteiger partial charge < -0.3 is 10.3 Å². The molecule has 0 spiro atoms. The highest BCUT2D eigenvalue weighted by Crippen LogP contribution is 2.24. The second-order valence-electron chi connectivity index (χ2n) is 5.21. The molecule has 0 radical (unpaired) electrons. The molecule has 1 aromatic heterocycles. The van der Waals surface area contributed by atoms with Crippen molar-refractivity contribution in [1.29, 1.82) is 0 Å². The van der Waals surface area contributed by atoms with Crippen molar-refractivity contribution in [2.45, 2.75) is 44.0 Å². The van der Waals surface area contributed by atoms with Crippen molar-refractivity contribution in [2.75, 3.05) is 5.32 Å². The summed E-state index contributed by atoms with van der Waals surface area (Å²) in [6, 6.07) is 9.21. The summed E-state index contributed by atoms with van der Waals surface area (Å²) in [5.41, 5.74) is 2.38. The minimum absolute atomic E-state index is 0.0810. The molecule has 1 aromatic carbocycles. The van der Waals surface area contributed by atoms with E-state index in [0.29, 0.717) is 17.3 Å². The van der Waals surface area contributed by atoms with Crippen LogP contribution in [-0.2, 0) is 11.2 Å². The number of H-pyrrole nitrogens is 1. The highest BCUT2D eigenvalue weighted by Gasteiger charge is 2.20. The molecule has 2 rings (SSSR count). The average molecular weight is 331 g/mol. The second-order valence-corrected chi connectivity index (χ2v) is 6.40. The van der Waals surface area contributed by atoms with E-state index in [2.05, 4.69) is 22.2 Å². The van der Waals surface area contributed by atoms with Gasteiger partial charge in [-0.25, -0.2) is 4.98 Å². The van der Waals surface area contributed by atoms with Crippen LogP contribution in [0.4, 0.5) is 5.69 Å². The molecule has 1 amide bonds. The number of thioether (sulfide) groups is 1. The molecular formula is C17H21N3O2S. The molecule has 0 aliphatic rings. The predicted octanol–water partition coefficient (Wildman–Crippen LogP) is 3.15. The van der Waals surface area contributed by atoms with Crippen LogP contribution in [0.2, 0.25) is 0 Å². The van der Waals surface area contributed by atoms with Gasteiger partial charge in [0.05, 0.1) is 5.25 Å². The van der Waals surface area contributed by atoms with Crippen molar-refractivity contribution in [2.24, 2.45) is 0 Å². The van der Waals surface area contributed by atoms with E-state index in [0.717, 1.165) is 17.7 Å². The normalized spacial score (nSPS) is 12.0. The zero-order valence-electron chi connectivity index (χ0n) is 13.6. The number of carbonyl (C=O) groups excluding carboxylic acids is 1. The maximum absolute atomic E-state index is 12.5. The number of para-hydroxylation sites is 1. The van der Waals surface area contributed by atoms with E-state index in [1.807, 2.05) is 31.2 Å². The van der Waals surface area contributed by atoms with Crippen LogP contribution in [0.5, 0.6) is 0 Å². The minimum atomic E-state index is -0.315. The lowest BCUT2D eigenvalue weighted by atomic mass is 10.1. The maximum Gasteiger partial charge on any atom is 0.251 e. The topological polar surface area (TPSA) is 74.8 Å². The molecule has 6 heteroatoms. The molecule has 0 aliphatic carbocycles. The first-order chi connectivity index (χ1) is 11.0. The van der Waals surface area contributed by atoms with Gasteiger partial charge in [0, 0.05) is 17.4 Å². The Kier molecular flexibility index (Phi) is 5.98. The number of hydrogen-bond acceptors (Lipinski definition) is 4. The Bertz CT molecular complexity index is 743. The van der Waals surface area contributed by atoms with Gasteiger partial charge in [0.15, 0.2) is 5.16 Å². The molecule has 122 valence electrons. The van der Waals surface area contributed by atoms with Crippen LogP contribution < -0.4 is 10.9 Å². The highest BCUT2D eigenvalue weighted by atomic mass is 32.2. The summed E-state index contributed by atoms with van der Waals surface area (Å²) in [4.78, 5) is 31.0. The molecule has 2 N–H and O–H groups in total. The third-order valence-corrected chi connectivity index (χ3v) is 4.67. The van der Waals surface area contributed by atoms with Gasteiger partial charge in [0.2, 0.25) is 5.91 Å². The number of nitrogens with one attached hydrogen (secondary N) is 2. The standard InChI is InChI=1S/C17H21N3O2S/c1-4-12-8-6-7-9-13(12)19-16(22)14(5-2)23-17-18-11(3)10-15(21)20-17/h6-10,14H,4-5H2,1-3H3,(H,19,22)(H,18,20,21). The fourth-order valence-corrected chi connectivity index (χ4v) is 3.19. The quantitative estimate of drug-likeness (QED) is 0.630. The van der Waals surface area contributed by atoms with E-state index >= 15 is 0 Å². The molecule has 0 fully saturated rings. The van der Waals surface area contributed by atoms with E-state index in [-0.39, 0.29) is 16.7 Å². The third kappa shape index (κ3) is 4.69. The van der Waals surface area contributed by atoms with Gasteiger partial charge in [0.25, 0.3) is 5.56 Å². The van der Waals surface area contributed by atoms with Crippen LogP contribution in [-0.4, -0.2) is 21.1 Å². The number of benzene rings is 1. The first kappa shape index (κ1) is 17.3. The third-order valence-electron chi connectivity index (χ3n) is 3.42. The fraction of sp³-hybridized carbons (Fsp3) is 0.353. The molecule has 1 atom stereocenters. The lowest BCUT2D eigenvalue weighted by Crippen LogP contribution is -2.25. The SMILES string of the molecule is CCc1ccccc1NC(=O)C(CC)Sc1nc(C)cc(=O)[nH]1. The van der Waals surface area contributed by atoms with Gasteiger partial charge in [-0.1, -0.05) is 43.8 Å². The predicted molar refractivity (Wildman–Crippen MR) is 94.0 cm³/mol. The smallest absolute Gasteiger partial charge is 0.251 e. The zero-order chi connectivity index (χ0) is 16.8. The number of aryl methyl sites for hydroxylation is 2. The summed E-state index contributed by atoms with van der Waals surface area (Å²) in [5.74, 6) is -0.0810. The summed E-state index contributed by atoms with van der Waals surface area (Å²) < 4.78 is 0. The monoisotopic (exact) mass is 331 g/mol. The lowest BCUT2D eigenvalue weighted by molar-refractivity contribution is -0.115. The Morgan fingerprint density at radius 1 is 1.35 bits per heavy atom. The number of nitrogens with zero attached hydrogens (tertiary/aromatic N) is 1. The lowest BCUT2D eigenvalue weighted by Gasteiger charge is -2.16. The largest absolute Gasteiger partial charge is 0.325 e. The summed E-state index contributed by atoms with van der Waals surface area (Å²) >= 11 is 1.28. The van der Waals surface area contributed by atoms with E-state index < -0.39 is 0 Å². The van der Waals surface area contributed by atoms with Crippen molar-refractivity contribution >= 4 is 23.4 Å². The molecule has 2 aromatic rings. The first-order valence-electron chi connectivity index (χ1n) is 7.66. The Morgan fingerprint density at radius 3 is 2.74 bits per heavy atom. The van der Waals surface area contributed by atoms with Gasteiger partial charge in [-0.05, 0) is 31.4 Å². The van der Waals surface area contributed by atoms with Crippen LogP contribution in [0.3, 0.4) is 0 Å². The second kappa shape index (κ2) is 7.97. The summed E-state index contributed by atoms with van der Waals surface area (Å²) in [6.07, 6.45) is 1.50. The van der Waals surface area contributed by atoms with E-state index in [4.69, 9.17) is 0 Å². The Hall–Kier alpha value is -2.08. The molecule has 0 bridgehead atoms. The van der Waals surface area contributed by atoms with Crippen LogP contribution in [0.25, 0.3) is 0 Å². The van der Waals surface area contributed by atoms with E-state index in [1.165, 1.54) is 17.8 Å². The molecular weight excluding hydrogens is 310 g/mol. The van der Waals surface area contributed by atoms with Gasteiger partial charge in [-0.3, -0.25) is 9.59 Å². The van der Waals surface area contributed by atoms with Crippen LogP contribution in [0, 0.1) is 6.92 Å². The zero-order valence-corrected chi connectivity index (χ0v) is 14.4. The molecule has 1 unspecified atom stereocenters. The van der Waals surface area contributed by atoms with Crippen molar-refractivity contribution in [3.05, 3.63) is 51.9 Å². The van der Waals surface area contributed by atoms with Crippen molar-refractivity contribution in [3.63, 3.8) is 0 Å². The highest BCUT2D eigenvalue weighted by molar-refractivity contribution is 8.00. The number of anilines is 1. The fourth-order valence-electron chi connectivity index (χ4n) is 2.23. The van der Waals surface area contributed by atoms with Gasteiger partial charge in [-0.15, -0.1) is 0 Å². The number of hydrogen-bond donors (Lipinski definition) is 2. The van der Waals surface area contributed by atoms with E-state index in [1.54, 1.807) is 6.92 Å². The molecule has 5 nitrogen and oxygen atoms in total. The van der Waals surface area contributed by atoms with Crippen LogP contribution >= 0.6 is 11.8 Å². The number of aromatic amines is 1. The summed E-state index contributed by atoms with van der Waals surface area (Å²) in [5, 5.41) is 3.14. The first-order valence-corrected chi connectivity index (χ1v) is 8.54. The Morgan fingerprint density at radius 2 is 2.09 bits per heavy atom. The summed E-state index contributed by atoms with van der Waals surface area (Å²) in [7, 11) is 0. The van der Waals surface area contributed by atoms with Crippen LogP contribution in [0.1, 0.15) is 31.5 Å². The van der Waals surface area contributed by atoms with Crippen molar-refractivity contribution in [1.82, 2.24) is 9.97 Å².